The highest BCUT2D eigenvalue weighted by atomic mass is 35.5. The molecule has 4 rings (SSSR count). The monoisotopic (exact) mass is 610 g/mol. The fourth-order valence-electron chi connectivity index (χ4n) is 3.71. The molecule has 0 saturated heterocycles. The maximum Gasteiger partial charge on any atom is 0.243 e. The van der Waals surface area contributed by atoms with Crippen LogP contribution in [-0.4, -0.2) is 43.2 Å². The van der Waals surface area contributed by atoms with Gasteiger partial charge in [0.2, 0.25) is 15.9 Å². The van der Waals surface area contributed by atoms with Crippen LogP contribution in [0.3, 0.4) is 0 Å². The van der Waals surface area contributed by atoms with Crippen molar-refractivity contribution in [1.29, 1.82) is 0 Å². The van der Waals surface area contributed by atoms with E-state index < -0.39 is 22.5 Å². The van der Waals surface area contributed by atoms with Gasteiger partial charge in [0, 0.05) is 46.9 Å². The summed E-state index contributed by atoms with van der Waals surface area (Å²) in [6, 6.07) is 17.8. The molecule has 0 aliphatic carbocycles. The van der Waals surface area contributed by atoms with Crippen molar-refractivity contribution in [1.82, 2.24) is 14.6 Å². The van der Waals surface area contributed by atoms with E-state index in [0.717, 1.165) is 20.9 Å². The smallest absolute Gasteiger partial charge is 0.243 e. The molecule has 2 N–H and O–H groups in total. The number of carbonyl (C=O) groups is 1. The Balaban J connectivity index is 1.43. The van der Waals surface area contributed by atoms with Crippen LogP contribution < -0.4 is 10.6 Å². The molecule has 0 atom stereocenters. The lowest BCUT2D eigenvalue weighted by Crippen LogP contribution is -2.41. The minimum atomic E-state index is -4.03. The van der Waals surface area contributed by atoms with Gasteiger partial charge in [-0.3, -0.25) is 9.78 Å². The summed E-state index contributed by atoms with van der Waals surface area (Å²) in [7, 11) is -4.03. The van der Waals surface area contributed by atoms with Gasteiger partial charge in [0.05, 0.1) is 27.0 Å². The molecule has 0 aliphatic rings. The number of aromatic nitrogens is 1. The molecule has 0 aliphatic heterocycles. The van der Waals surface area contributed by atoms with Crippen molar-refractivity contribution < 1.29 is 13.2 Å². The molecule has 1 amide bonds. The summed E-state index contributed by atoms with van der Waals surface area (Å²) in [6.07, 6.45) is 1.67. The number of benzene rings is 3. The Morgan fingerprint density at radius 3 is 2.32 bits per heavy atom. The summed E-state index contributed by atoms with van der Waals surface area (Å²) < 4.78 is 27.9. The Morgan fingerprint density at radius 1 is 0.842 bits per heavy atom. The summed E-state index contributed by atoms with van der Waals surface area (Å²) in [5.41, 5.74) is 2.17. The number of hydrogen-bond donors (Lipinski definition) is 2. The van der Waals surface area contributed by atoms with Gasteiger partial charge in [-0.1, -0.05) is 52.5 Å². The van der Waals surface area contributed by atoms with Gasteiger partial charge >= 0.3 is 0 Å². The zero-order valence-corrected chi connectivity index (χ0v) is 23.6. The van der Waals surface area contributed by atoms with E-state index in [0.29, 0.717) is 27.2 Å². The molecule has 4 aromatic rings. The molecule has 0 radical (unpaired) electrons. The average Bonchev–Trinajstić information content (AvgIpc) is 2.88. The lowest BCUT2D eigenvalue weighted by atomic mass is 10.2. The van der Waals surface area contributed by atoms with Crippen molar-refractivity contribution in [3.63, 3.8) is 0 Å². The van der Waals surface area contributed by atoms with Crippen LogP contribution in [-0.2, 0) is 21.4 Å². The maximum atomic E-state index is 13.4. The zero-order valence-electron chi connectivity index (χ0n) is 19.8. The van der Waals surface area contributed by atoms with Crippen molar-refractivity contribution in [2.24, 2.45) is 0 Å². The summed E-state index contributed by atoms with van der Waals surface area (Å²) in [6.45, 7) is 0.184. The second-order valence-corrected chi connectivity index (χ2v) is 11.9. The number of amides is 1. The van der Waals surface area contributed by atoms with Crippen LogP contribution in [0.15, 0.2) is 77.8 Å². The summed E-state index contributed by atoms with van der Waals surface area (Å²) >= 11 is 24.1. The number of halogens is 4. The van der Waals surface area contributed by atoms with Crippen molar-refractivity contribution >= 4 is 78.9 Å². The van der Waals surface area contributed by atoms with Crippen LogP contribution in [0.25, 0.3) is 10.9 Å². The third-order valence-corrected chi connectivity index (χ3v) is 8.61. The SMILES string of the molecule is O=C(CN(Cc1ccc(Cl)c(Cl)c1)S(=O)(=O)c1ccc(Cl)cc1)NCCNc1ccnc2cc(Cl)ccc12. The Labute approximate surface area is 240 Å². The quantitative estimate of drug-likeness (QED) is 0.206. The minimum Gasteiger partial charge on any atom is -0.383 e. The van der Waals surface area contributed by atoms with Crippen LogP contribution >= 0.6 is 46.4 Å². The van der Waals surface area contributed by atoms with Gasteiger partial charge < -0.3 is 10.6 Å². The van der Waals surface area contributed by atoms with E-state index in [9.17, 15) is 13.2 Å². The van der Waals surface area contributed by atoms with E-state index >= 15 is 0 Å². The van der Waals surface area contributed by atoms with E-state index in [-0.39, 0.29) is 23.0 Å². The van der Waals surface area contributed by atoms with Gasteiger partial charge in [-0.15, -0.1) is 0 Å². The topological polar surface area (TPSA) is 91.4 Å². The fraction of sp³-hybridized carbons (Fsp3) is 0.154. The van der Waals surface area contributed by atoms with Gasteiger partial charge in [-0.2, -0.15) is 4.31 Å². The van der Waals surface area contributed by atoms with Crippen LogP contribution in [0.1, 0.15) is 5.56 Å². The van der Waals surface area contributed by atoms with Crippen LogP contribution in [0.5, 0.6) is 0 Å². The number of nitrogens with zero attached hydrogens (tertiary/aromatic N) is 2. The van der Waals surface area contributed by atoms with E-state index in [1.54, 1.807) is 36.5 Å². The number of rotatable bonds is 10. The lowest BCUT2D eigenvalue weighted by molar-refractivity contribution is -0.121. The van der Waals surface area contributed by atoms with Crippen LogP contribution in [0.4, 0.5) is 5.69 Å². The molecule has 1 aromatic heterocycles. The third kappa shape index (κ3) is 7.08. The fourth-order valence-corrected chi connectivity index (χ4v) is 5.71. The first kappa shape index (κ1) is 28.4. The van der Waals surface area contributed by atoms with Crippen molar-refractivity contribution in [2.45, 2.75) is 11.4 Å². The van der Waals surface area contributed by atoms with Crippen molar-refractivity contribution in [3.05, 3.63) is 98.6 Å². The number of nitrogens with one attached hydrogen (secondary N) is 2. The van der Waals surface area contributed by atoms with Gasteiger partial charge in [-0.25, -0.2) is 8.42 Å². The number of hydrogen-bond acceptors (Lipinski definition) is 5. The molecule has 0 unspecified atom stereocenters. The molecular weight excluding hydrogens is 590 g/mol. The molecule has 0 bridgehead atoms. The van der Waals surface area contributed by atoms with Crippen molar-refractivity contribution in [3.8, 4) is 0 Å². The molecule has 0 fully saturated rings. The number of anilines is 1. The highest BCUT2D eigenvalue weighted by Crippen LogP contribution is 2.26. The third-order valence-electron chi connectivity index (χ3n) is 5.58. The van der Waals surface area contributed by atoms with E-state index in [1.807, 2.05) is 12.1 Å². The normalized spacial score (nSPS) is 11.6. The zero-order chi connectivity index (χ0) is 27.3. The highest BCUT2D eigenvalue weighted by Gasteiger charge is 2.27. The number of sulfonamides is 1. The van der Waals surface area contributed by atoms with E-state index in [1.165, 1.54) is 24.3 Å². The number of carbonyl (C=O) groups excluding carboxylic acids is 1. The molecule has 0 saturated carbocycles. The largest absolute Gasteiger partial charge is 0.383 e. The van der Waals surface area contributed by atoms with Crippen LogP contribution in [0, 0.1) is 0 Å². The predicted molar refractivity (Wildman–Crippen MR) is 154 cm³/mol. The first-order chi connectivity index (χ1) is 18.1. The predicted octanol–water partition coefficient (Wildman–Crippen LogP) is 6.27. The average molecular weight is 612 g/mol. The Hall–Kier alpha value is -2.59. The highest BCUT2D eigenvalue weighted by molar-refractivity contribution is 7.89. The maximum absolute atomic E-state index is 13.4. The van der Waals surface area contributed by atoms with Gasteiger partial charge in [-0.05, 0) is 66.2 Å². The second kappa shape index (κ2) is 12.5. The molecule has 3 aromatic carbocycles. The second-order valence-electron chi connectivity index (χ2n) is 8.27. The first-order valence-corrected chi connectivity index (χ1v) is 14.3. The summed E-state index contributed by atoms with van der Waals surface area (Å²) in [5.74, 6) is -0.462. The Kier molecular flexibility index (Phi) is 9.36. The molecule has 1 heterocycles. The van der Waals surface area contributed by atoms with Crippen LogP contribution in [0.2, 0.25) is 20.1 Å². The molecule has 12 heteroatoms. The summed E-state index contributed by atoms with van der Waals surface area (Å²) in [5, 5.41) is 8.54. The molecule has 7 nitrogen and oxygen atoms in total. The molecule has 198 valence electrons. The Morgan fingerprint density at radius 2 is 1.58 bits per heavy atom. The lowest BCUT2D eigenvalue weighted by Gasteiger charge is -2.22. The molecular formula is C26H22Cl4N4O3S. The molecule has 38 heavy (non-hydrogen) atoms. The van der Waals surface area contributed by atoms with Gasteiger partial charge in [0.15, 0.2) is 0 Å². The van der Waals surface area contributed by atoms with Gasteiger partial charge in [0.25, 0.3) is 0 Å². The van der Waals surface area contributed by atoms with E-state index in [4.69, 9.17) is 46.4 Å². The van der Waals surface area contributed by atoms with E-state index in [2.05, 4.69) is 15.6 Å². The van der Waals surface area contributed by atoms with Gasteiger partial charge in [0.1, 0.15) is 0 Å². The molecule has 0 spiro atoms. The van der Waals surface area contributed by atoms with Crippen molar-refractivity contribution in [2.75, 3.05) is 25.0 Å². The number of pyridine rings is 1. The standard InChI is InChI=1S/C26H22Cl4N4O3S/c27-18-2-5-20(6-3-18)38(36,37)34(15-17-1-8-22(29)23(30)13-17)16-26(35)33-12-11-32-24-9-10-31-25-14-19(28)4-7-21(24)25/h1-10,13-14H,11-12,15-16H2,(H,31,32)(H,33,35). The first-order valence-electron chi connectivity index (χ1n) is 11.4. The Bertz CT molecular complexity index is 1570. The minimum absolute atomic E-state index is 0.0149. The summed E-state index contributed by atoms with van der Waals surface area (Å²) in [4.78, 5) is 17.1. The number of fused-ring (bicyclic) bond motifs is 1.